The summed E-state index contributed by atoms with van der Waals surface area (Å²) in [7, 11) is -3.37. The molecule has 0 saturated carbocycles. The fourth-order valence-corrected chi connectivity index (χ4v) is 4.66. The van der Waals surface area contributed by atoms with Crippen LogP contribution in [0, 0.1) is 0 Å². The van der Waals surface area contributed by atoms with Crippen molar-refractivity contribution >= 4 is 21.8 Å². The zero-order valence-electron chi connectivity index (χ0n) is 12.2. The molecule has 0 aliphatic carbocycles. The molecule has 0 aromatic carbocycles. The molecule has 1 atom stereocenters. The number of hydrogen-bond acceptors (Lipinski definition) is 5. The lowest BCUT2D eigenvalue weighted by Gasteiger charge is -2.33. The van der Waals surface area contributed by atoms with E-state index in [1.165, 1.54) is 16.7 Å². The number of piperidine rings is 1. The van der Waals surface area contributed by atoms with Gasteiger partial charge in [-0.1, -0.05) is 11.6 Å². The van der Waals surface area contributed by atoms with E-state index in [-0.39, 0.29) is 12.1 Å². The molecule has 0 radical (unpaired) electrons. The standard InChI is InChI=1S/C13H19ClN4O3S/c14-11-8-15-13(16-9-11)21-12-4-3-7-18(10-12)22(19,20)17-5-1-2-6-17/h8-9,12H,1-7,10H2/t12-/m1/s1. The Labute approximate surface area is 135 Å². The number of aromatic nitrogens is 2. The van der Waals surface area contributed by atoms with Crippen LogP contribution in [0.3, 0.4) is 0 Å². The zero-order valence-corrected chi connectivity index (χ0v) is 13.8. The summed E-state index contributed by atoms with van der Waals surface area (Å²) in [6.45, 7) is 2.11. The molecule has 0 spiro atoms. The second-order valence-corrected chi connectivity index (χ2v) is 7.90. The van der Waals surface area contributed by atoms with E-state index in [4.69, 9.17) is 16.3 Å². The van der Waals surface area contributed by atoms with Crippen LogP contribution in [-0.2, 0) is 10.2 Å². The van der Waals surface area contributed by atoms with Gasteiger partial charge in [-0.05, 0) is 25.7 Å². The molecule has 7 nitrogen and oxygen atoms in total. The SMILES string of the molecule is O=S(=O)(N1CCCC1)N1CCC[C@@H](Oc2ncc(Cl)cn2)C1. The predicted octanol–water partition coefficient (Wildman–Crippen LogP) is 1.31. The lowest BCUT2D eigenvalue weighted by Crippen LogP contribution is -2.49. The smallest absolute Gasteiger partial charge is 0.316 e. The van der Waals surface area contributed by atoms with E-state index in [0.29, 0.717) is 31.2 Å². The normalized spacial score (nSPS) is 24.5. The molecule has 1 aromatic heterocycles. The van der Waals surface area contributed by atoms with Crippen molar-refractivity contribution in [3.05, 3.63) is 17.4 Å². The molecule has 2 saturated heterocycles. The Morgan fingerprint density at radius 1 is 1.09 bits per heavy atom. The van der Waals surface area contributed by atoms with Crippen molar-refractivity contribution in [3.63, 3.8) is 0 Å². The van der Waals surface area contributed by atoms with Crippen LogP contribution in [0.1, 0.15) is 25.7 Å². The van der Waals surface area contributed by atoms with Crippen molar-refractivity contribution < 1.29 is 13.2 Å². The van der Waals surface area contributed by atoms with Crippen molar-refractivity contribution in [1.82, 2.24) is 18.6 Å². The zero-order chi connectivity index (χ0) is 15.6. The van der Waals surface area contributed by atoms with Gasteiger partial charge in [-0.2, -0.15) is 17.0 Å². The van der Waals surface area contributed by atoms with Gasteiger partial charge in [-0.15, -0.1) is 0 Å². The summed E-state index contributed by atoms with van der Waals surface area (Å²) >= 11 is 5.74. The fourth-order valence-electron chi connectivity index (χ4n) is 2.80. The van der Waals surface area contributed by atoms with Gasteiger partial charge in [-0.3, -0.25) is 0 Å². The maximum Gasteiger partial charge on any atom is 0.316 e. The molecule has 2 aliphatic rings. The van der Waals surface area contributed by atoms with E-state index in [1.807, 2.05) is 0 Å². The highest BCUT2D eigenvalue weighted by Crippen LogP contribution is 2.22. The second-order valence-electron chi connectivity index (χ2n) is 5.54. The molecular formula is C13H19ClN4O3S. The van der Waals surface area contributed by atoms with Crippen molar-refractivity contribution in [2.24, 2.45) is 0 Å². The highest BCUT2D eigenvalue weighted by atomic mass is 35.5. The topological polar surface area (TPSA) is 75.6 Å². The molecule has 3 heterocycles. The van der Waals surface area contributed by atoms with Gasteiger partial charge in [0, 0.05) is 19.6 Å². The summed E-state index contributed by atoms with van der Waals surface area (Å²) in [6.07, 6.45) is 6.13. The molecule has 0 bridgehead atoms. The maximum atomic E-state index is 12.6. The molecule has 9 heteroatoms. The molecule has 0 N–H and O–H groups in total. The summed E-state index contributed by atoms with van der Waals surface area (Å²) in [5, 5.41) is 0.439. The third-order valence-corrected chi connectivity index (χ3v) is 6.12. The van der Waals surface area contributed by atoms with Gasteiger partial charge in [0.25, 0.3) is 10.2 Å². The van der Waals surface area contributed by atoms with Crippen LogP contribution in [0.15, 0.2) is 12.4 Å². The first kappa shape index (κ1) is 15.9. The average molecular weight is 347 g/mol. The monoisotopic (exact) mass is 346 g/mol. The summed E-state index contributed by atoms with van der Waals surface area (Å²) in [5.74, 6) is 0. The molecule has 3 rings (SSSR count). The van der Waals surface area contributed by atoms with Crippen LogP contribution in [0.5, 0.6) is 6.01 Å². The van der Waals surface area contributed by atoms with Crippen LogP contribution >= 0.6 is 11.6 Å². The third-order valence-electron chi connectivity index (χ3n) is 3.93. The number of nitrogens with zero attached hydrogens (tertiary/aromatic N) is 4. The summed E-state index contributed by atoms with van der Waals surface area (Å²) in [6, 6.07) is 0.231. The Kier molecular flexibility index (Phi) is 4.82. The Morgan fingerprint density at radius 3 is 2.41 bits per heavy atom. The average Bonchev–Trinajstić information content (AvgIpc) is 3.05. The highest BCUT2D eigenvalue weighted by Gasteiger charge is 2.35. The molecular weight excluding hydrogens is 328 g/mol. The second kappa shape index (κ2) is 6.66. The van der Waals surface area contributed by atoms with Crippen LogP contribution < -0.4 is 4.74 Å². The predicted molar refractivity (Wildman–Crippen MR) is 82.0 cm³/mol. The van der Waals surface area contributed by atoms with Crippen molar-refractivity contribution in [1.29, 1.82) is 0 Å². The van der Waals surface area contributed by atoms with Crippen LogP contribution in [-0.4, -0.2) is 59.3 Å². The van der Waals surface area contributed by atoms with Gasteiger partial charge in [0.1, 0.15) is 6.10 Å². The van der Waals surface area contributed by atoms with Crippen LogP contribution in [0.4, 0.5) is 0 Å². The quantitative estimate of drug-likeness (QED) is 0.821. The van der Waals surface area contributed by atoms with Gasteiger partial charge < -0.3 is 4.74 Å². The van der Waals surface area contributed by atoms with Gasteiger partial charge in [0.2, 0.25) is 0 Å². The lowest BCUT2D eigenvalue weighted by atomic mass is 10.1. The summed E-state index contributed by atoms with van der Waals surface area (Å²) in [5.41, 5.74) is 0. The largest absolute Gasteiger partial charge is 0.459 e. The Balaban J connectivity index is 1.65. The summed E-state index contributed by atoms with van der Waals surface area (Å²) in [4.78, 5) is 7.99. The Bertz CT molecular complexity index is 604. The van der Waals surface area contributed by atoms with Crippen molar-refractivity contribution in [3.8, 4) is 6.01 Å². The Morgan fingerprint density at radius 2 is 1.73 bits per heavy atom. The van der Waals surface area contributed by atoms with Crippen molar-refractivity contribution in [2.75, 3.05) is 26.2 Å². The fraction of sp³-hybridized carbons (Fsp3) is 0.692. The first-order valence-electron chi connectivity index (χ1n) is 7.45. The number of ether oxygens (including phenoxy) is 1. The van der Waals surface area contributed by atoms with E-state index in [1.54, 1.807) is 4.31 Å². The molecule has 0 amide bonds. The molecule has 2 fully saturated rings. The Hall–Kier alpha value is -0.960. The minimum Gasteiger partial charge on any atom is -0.459 e. The van der Waals surface area contributed by atoms with Crippen molar-refractivity contribution in [2.45, 2.75) is 31.8 Å². The van der Waals surface area contributed by atoms with Gasteiger partial charge >= 0.3 is 6.01 Å². The van der Waals surface area contributed by atoms with Gasteiger partial charge in [0.15, 0.2) is 0 Å². The minimum absolute atomic E-state index is 0.229. The third kappa shape index (κ3) is 3.51. The molecule has 2 aliphatic heterocycles. The van der Waals surface area contributed by atoms with Gasteiger partial charge in [0.05, 0.1) is 24.0 Å². The summed E-state index contributed by atoms with van der Waals surface area (Å²) < 4.78 is 33.9. The first-order valence-corrected chi connectivity index (χ1v) is 9.22. The van der Waals surface area contributed by atoms with E-state index >= 15 is 0 Å². The minimum atomic E-state index is -3.37. The molecule has 22 heavy (non-hydrogen) atoms. The maximum absolute atomic E-state index is 12.6. The van der Waals surface area contributed by atoms with E-state index < -0.39 is 10.2 Å². The van der Waals surface area contributed by atoms with E-state index in [9.17, 15) is 8.42 Å². The van der Waals surface area contributed by atoms with Gasteiger partial charge in [-0.25, -0.2) is 9.97 Å². The van der Waals surface area contributed by atoms with Crippen LogP contribution in [0.2, 0.25) is 5.02 Å². The first-order chi connectivity index (χ1) is 10.6. The number of hydrogen-bond donors (Lipinski definition) is 0. The number of halogens is 1. The molecule has 1 aromatic rings. The lowest BCUT2D eigenvalue weighted by molar-refractivity contribution is 0.116. The van der Waals surface area contributed by atoms with E-state index in [2.05, 4.69) is 9.97 Å². The number of rotatable bonds is 4. The molecule has 122 valence electrons. The van der Waals surface area contributed by atoms with Crippen LogP contribution in [0.25, 0.3) is 0 Å². The highest BCUT2D eigenvalue weighted by molar-refractivity contribution is 7.86. The van der Waals surface area contributed by atoms with E-state index in [0.717, 1.165) is 25.7 Å². The molecule has 0 unspecified atom stereocenters.